The maximum Gasteiger partial charge on any atom is 0.310 e. The standard InChI is InChI=1S/C26H43NO3/c1-23(2,3)19-12-17(13-20(22(19)29)24(4,5)6)14-21(28)30-18-15-25(7,8)27(11)26(9,10)16-18/h12-13,18,29H,14-16H2,1-11H3. The average molecular weight is 418 g/mol. The van der Waals surface area contributed by atoms with Gasteiger partial charge in [0.05, 0.1) is 6.42 Å². The lowest BCUT2D eigenvalue weighted by Gasteiger charge is -2.53. The van der Waals surface area contributed by atoms with E-state index in [4.69, 9.17) is 4.74 Å². The lowest BCUT2D eigenvalue weighted by molar-refractivity contribution is -0.158. The summed E-state index contributed by atoms with van der Waals surface area (Å²) in [5.74, 6) is 0.146. The lowest BCUT2D eigenvalue weighted by atomic mass is 9.78. The molecule has 1 aromatic rings. The normalized spacial score (nSPS) is 20.2. The van der Waals surface area contributed by atoms with Crippen LogP contribution in [0.5, 0.6) is 5.75 Å². The highest BCUT2D eigenvalue weighted by Crippen LogP contribution is 2.41. The zero-order valence-electron chi connectivity index (χ0n) is 21.1. The van der Waals surface area contributed by atoms with E-state index >= 15 is 0 Å². The molecule has 1 aliphatic rings. The molecular weight excluding hydrogens is 374 g/mol. The predicted molar refractivity (Wildman–Crippen MR) is 124 cm³/mol. The summed E-state index contributed by atoms with van der Waals surface area (Å²) >= 11 is 0. The van der Waals surface area contributed by atoms with Gasteiger partial charge < -0.3 is 9.84 Å². The molecule has 0 bridgehead atoms. The van der Waals surface area contributed by atoms with Crippen LogP contribution in [-0.4, -0.2) is 40.2 Å². The second kappa shape index (κ2) is 7.85. The number of nitrogens with zero attached hydrogens (tertiary/aromatic N) is 1. The smallest absolute Gasteiger partial charge is 0.310 e. The second-order valence-electron chi connectivity index (χ2n) is 12.4. The molecule has 0 radical (unpaired) electrons. The summed E-state index contributed by atoms with van der Waals surface area (Å²) in [6, 6.07) is 3.93. The van der Waals surface area contributed by atoms with E-state index in [2.05, 4.69) is 81.2 Å². The zero-order chi connectivity index (χ0) is 23.3. The molecule has 1 heterocycles. The first kappa shape index (κ1) is 24.7. The van der Waals surface area contributed by atoms with Crippen molar-refractivity contribution < 1.29 is 14.6 Å². The third-order valence-corrected chi connectivity index (χ3v) is 6.70. The number of hydrogen-bond acceptors (Lipinski definition) is 4. The van der Waals surface area contributed by atoms with Crippen molar-refractivity contribution in [1.82, 2.24) is 4.90 Å². The number of carbonyl (C=O) groups is 1. The van der Waals surface area contributed by atoms with Crippen molar-refractivity contribution in [2.75, 3.05) is 7.05 Å². The van der Waals surface area contributed by atoms with Crippen molar-refractivity contribution in [3.05, 3.63) is 28.8 Å². The number of likely N-dealkylation sites (tertiary alicyclic amines) is 1. The second-order valence-corrected chi connectivity index (χ2v) is 12.4. The number of piperidine rings is 1. The van der Waals surface area contributed by atoms with Crippen molar-refractivity contribution in [2.24, 2.45) is 0 Å². The number of carbonyl (C=O) groups excluding carboxylic acids is 1. The Morgan fingerprint density at radius 3 is 1.77 bits per heavy atom. The van der Waals surface area contributed by atoms with Crippen molar-refractivity contribution in [1.29, 1.82) is 0 Å². The molecule has 1 N–H and O–H groups in total. The predicted octanol–water partition coefficient (Wildman–Crippen LogP) is 5.72. The first-order valence-electron chi connectivity index (χ1n) is 11.1. The van der Waals surface area contributed by atoms with Crippen LogP contribution in [0.4, 0.5) is 0 Å². The van der Waals surface area contributed by atoms with Crippen LogP contribution in [0.15, 0.2) is 12.1 Å². The van der Waals surface area contributed by atoms with E-state index in [-0.39, 0.29) is 40.4 Å². The Labute approximate surface area is 184 Å². The van der Waals surface area contributed by atoms with E-state index in [1.165, 1.54) is 0 Å². The minimum atomic E-state index is -0.216. The highest BCUT2D eigenvalue weighted by Gasteiger charge is 2.44. The van der Waals surface area contributed by atoms with Gasteiger partial charge in [0.1, 0.15) is 11.9 Å². The third kappa shape index (κ3) is 5.38. The summed E-state index contributed by atoms with van der Waals surface area (Å²) in [6.45, 7) is 21.3. The van der Waals surface area contributed by atoms with Gasteiger partial charge in [-0.1, -0.05) is 53.7 Å². The first-order valence-corrected chi connectivity index (χ1v) is 11.1. The maximum absolute atomic E-state index is 12.9. The van der Waals surface area contributed by atoms with E-state index in [9.17, 15) is 9.90 Å². The number of phenols is 1. The van der Waals surface area contributed by atoms with Gasteiger partial charge in [0.25, 0.3) is 0 Å². The molecule has 1 saturated heterocycles. The van der Waals surface area contributed by atoms with Crippen LogP contribution in [0.1, 0.15) is 98.8 Å². The Bertz CT molecular complexity index is 740. The highest BCUT2D eigenvalue weighted by atomic mass is 16.5. The number of phenolic OH excluding ortho intramolecular Hbond substituents is 1. The molecule has 30 heavy (non-hydrogen) atoms. The van der Waals surface area contributed by atoms with Crippen molar-refractivity contribution in [2.45, 2.75) is 117 Å². The molecule has 2 rings (SSSR count). The molecule has 0 spiro atoms. The summed E-state index contributed by atoms with van der Waals surface area (Å²) in [4.78, 5) is 15.3. The van der Waals surface area contributed by atoms with Crippen LogP contribution in [0.25, 0.3) is 0 Å². The van der Waals surface area contributed by atoms with Gasteiger partial charge >= 0.3 is 5.97 Å². The van der Waals surface area contributed by atoms with Crippen LogP contribution in [0.3, 0.4) is 0 Å². The van der Waals surface area contributed by atoms with Gasteiger partial charge in [0.2, 0.25) is 0 Å². The first-order chi connectivity index (χ1) is 13.3. The Morgan fingerprint density at radius 2 is 1.40 bits per heavy atom. The molecule has 4 heteroatoms. The number of aromatic hydroxyl groups is 1. The quantitative estimate of drug-likeness (QED) is 0.639. The molecule has 0 aromatic heterocycles. The molecule has 0 saturated carbocycles. The summed E-state index contributed by atoms with van der Waals surface area (Å²) in [6.07, 6.45) is 1.79. The third-order valence-electron chi connectivity index (χ3n) is 6.70. The van der Waals surface area contributed by atoms with Gasteiger partial charge in [0, 0.05) is 23.9 Å². The SMILES string of the molecule is CN1C(C)(C)CC(OC(=O)Cc2cc(C(C)(C)C)c(O)c(C(C)(C)C)c2)CC1(C)C. The maximum atomic E-state index is 12.9. The highest BCUT2D eigenvalue weighted by molar-refractivity contribution is 5.73. The molecule has 0 amide bonds. The number of hydrogen-bond donors (Lipinski definition) is 1. The monoisotopic (exact) mass is 417 g/mol. The van der Waals surface area contributed by atoms with Crippen LogP contribution in [-0.2, 0) is 26.8 Å². The largest absolute Gasteiger partial charge is 0.507 e. The fourth-order valence-corrected chi connectivity index (χ4v) is 4.70. The molecule has 0 unspecified atom stereocenters. The van der Waals surface area contributed by atoms with E-state index < -0.39 is 0 Å². The molecular formula is C26H43NO3. The lowest BCUT2D eigenvalue weighted by Crippen LogP contribution is -2.60. The summed E-state index contributed by atoms with van der Waals surface area (Å²) in [5, 5.41) is 10.9. The Morgan fingerprint density at radius 1 is 1.00 bits per heavy atom. The van der Waals surface area contributed by atoms with Gasteiger partial charge in [0.15, 0.2) is 0 Å². The van der Waals surface area contributed by atoms with E-state index in [1.807, 2.05) is 12.1 Å². The number of esters is 1. The summed E-state index contributed by atoms with van der Waals surface area (Å²) in [5.41, 5.74) is 2.17. The van der Waals surface area contributed by atoms with Crippen molar-refractivity contribution in [3.63, 3.8) is 0 Å². The van der Waals surface area contributed by atoms with Crippen LogP contribution < -0.4 is 0 Å². The molecule has 0 aliphatic carbocycles. The fourth-order valence-electron chi connectivity index (χ4n) is 4.70. The molecule has 0 atom stereocenters. The van der Waals surface area contributed by atoms with E-state index in [0.717, 1.165) is 29.5 Å². The minimum absolute atomic E-state index is 0.0238. The number of ether oxygens (including phenoxy) is 1. The van der Waals surface area contributed by atoms with E-state index in [0.29, 0.717) is 5.75 Å². The van der Waals surface area contributed by atoms with E-state index in [1.54, 1.807) is 0 Å². The fraction of sp³-hybridized carbons (Fsp3) is 0.731. The topological polar surface area (TPSA) is 49.8 Å². The average Bonchev–Trinajstić information content (AvgIpc) is 2.51. The van der Waals surface area contributed by atoms with Gasteiger partial charge in [-0.3, -0.25) is 9.69 Å². The summed E-state index contributed by atoms with van der Waals surface area (Å²) in [7, 11) is 2.15. The molecule has 170 valence electrons. The Kier molecular flexibility index (Phi) is 6.47. The van der Waals surface area contributed by atoms with Crippen molar-refractivity contribution in [3.8, 4) is 5.75 Å². The summed E-state index contributed by atoms with van der Waals surface area (Å²) < 4.78 is 5.97. The number of benzene rings is 1. The minimum Gasteiger partial charge on any atom is -0.507 e. The molecule has 1 aliphatic heterocycles. The van der Waals surface area contributed by atoms with Gasteiger partial charge in [-0.25, -0.2) is 0 Å². The van der Waals surface area contributed by atoms with Crippen molar-refractivity contribution >= 4 is 5.97 Å². The number of rotatable bonds is 3. The molecule has 1 aromatic carbocycles. The molecule has 4 nitrogen and oxygen atoms in total. The van der Waals surface area contributed by atoms with Gasteiger partial charge in [-0.15, -0.1) is 0 Å². The molecule has 1 fully saturated rings. The van der Waals surface area contributed by atoms with Crippen LogP contribution in [0, 0.1) is 0 Å². The van der Waals surface area contributed by atoms with Crippen LogP contribution >= 0.6 is 0 Å². The zero-order valence-corrected chi connectivity index (χ0v) is 21.1. The Hall–Kier alpha value is -1.55. The Balaban J connectivity index is 2.27. The van der Waals surface area contributed by atoms with Crippen LogP contribution in [0.2, 0.25) is 0 Å². The van der Waals surface area contributed by atoms with Gasteiger partial charge in [-0.2, -0.15) is 0 Å². The van der Waals surface area contributed by atoms with Gasteiger partial charge in [-0.05, 0) is 62.3 Å².